The highest BCUT2D eigenvalue weighted by Crippen LogP contribution is 2.39. The summed E-state index contributed by atoms with van der Waals surface area (Å²) in [5.74, 6) is -0.961. The first-order valence-corrected chi connectivity index (χ1v) is 8.78. The summed E-state index contributed by atoms with van der Waals surface area (Å²) < 4.78 is 1.65. The summed E-state index contributed by atoms with van der Waals surface area (Å²) in [6.45, 7) is 0. The third-order valence-electron chi connectivity index (χ3n) is 4.12. The van der Waals surface area contributed by atoms with Crippen molar-refractivity contribution in [3.05, 3.63) is 65.4 Å². The van der Waals surface area contributed by atoms with E-state index in [9.17, 15) is 9.90 Å². The molecule has 0 spiro atoms. The maximum atomic E-state index is 11.5. The van der Waals surface area contributed by atoms with E-state index < -0.39 is 5.97 Å². The number of fused-ring (bicyclic) bond motifs is 2. The van der Waals surface area contributed by atoms with E-state index in [4.69, 9.17) is 11.6 Å². The summed E-state index contributed by atoms with van der Waals surface area (Å²) in [4.78, 5) is 17.8. The minimum absolute atomic E-state index is 0.232. The van der Waals surface area contributed by atoms with Crippen LogP contribution < -0.4 is 0 Å². The van der Waals surface area contributed by atoms with Crippen LogP contribution in [-0.2, 0) is 7.05 Å². The molecule has 124 valence electrons. The lowest BCUT2D eigenvalue weighted by Crippen LogP contribution is -2.03. The van der Waals surface area contributed by atoms with Crippen LogP contribution in [0.4, 0.5) is 0 Å². The van der Waals surface area contributed by atoms with E-state index in [0.717, 1.165) is 31.6 Å². The lowest BCUT2D eigenvalue weighted by molar-refractivity contribution is 0.0687. The van der Waals surface area contributed by atoms with Crippen LogP contribution >= 0.6 is 23.4 Å². The molecular formula is C19H13ClN2O2S. The molecule has 4 nitrogen and oxygen atoms in total. The fourth-order valence-corrected chi connectivity index (χ4v) is 4.32. The zero-order chi connectivity index (χ0) is 17.6. The van der Waals surface area contributed by atoms with Gasteiger partial charge in [0.2, 0.25) is 0 Å². The molecule has 0 atom stereocenters. The highest BCUT2D eigenvalue weighted by Gasteiger charge is 2.16. The lowest BCUT2D eigenvalue weighted by Gasteiger charge is -2.08. The van der Waals surface area contributed by atoms with Crippen molar-refractivity contribution in [2.24, 2.45) is 7.05 Å². The van der Waals surface area contributed by atoms with Gasteiger partial charge in [0.05, 0.1) is 11.0 Å². The normalized spacial score (nSPS) is 11.3. The minimum Gasteiger partial charge on any atom is -0.477 e. The van der Waals surface area contributed by atoms with E-state index in [1.807, 2.05) is 36.4 Å². The van der Waals surface area contributed by atoms with Crippen molar-refractivity contribution >= 4 is 51.1 Å². The highest BCUT2D eigenvalue weighted by atomic mass is 35.5. The van der Waals surface area contributed by atoms with E-state index in [1.165, 1.54) is 0 Å². The number of carbonyl (C=O) groups is 1. The van der Waals surface area contributed by atoms with E-state index >= 15 is 0 Å². The molecule has 0 radical (unpaired) electrons. The monoisotopic (exact) mass is 368 g/mol. The molecule has 0 aliphatic rings. The Hall–Kier alpha value is -2.50. The van der Waals surface area contributed by atoms with Crippen molar-refractivity contribution in [1.29, 1.82) is 0 Å². The second-order valence-electron chi connectivity index (χ2n) is 5.66. The van der Waals surface area contributed by atoms with Crippen LogP contribution in [0.3, 0.4) is 0 Å². The van der Waals surface area contributed by atoms with E-state index in [-0.39, 0.29) is 5.69 Å². The summed E-state index contributed by atoms with van der Waals surface area (Å²) in [6, 6.07) is 15.3. The summed E-state index contributed by atoms with van der Waals surface area (Å²) >= 11 is 7.82. The van der Waals surface area contributed by atoms with Gasteiger partial charge in [0.1, 0.15) is 5.69 Å². The number of benzene rings is 2. The second kappa shape index (κ2) is 6.10. The predicted molar refractivity (Wildman–Crippen MR) is 101 cm³/mol. The molecule has 25 heavy (non-hydrogen) atoms. The van der Waals surface area contributed by atoms with Crippen molar-refractivity contribution in [3.8, 4) is 0 Å². The van der Waals surface area contributed by atoms with Gasteiger partial charge in [-0.1, -0.05) is 41.6 Å². The SMILES string of the molecule is Cn1c(C(=O)O)cc2c(Sc3cccc4cccnc34)cc(Cl)cc21. The molecule has 0 fully saturated rings. The van der Waals surface area contributed by atoms with Crippen LogP contribution in [0.25, 0.3) is 21.8 Å². The van der Waals surface area contributed by atoms with Crippen LogP contribution in [-0.4, -0.2) is 20.6 Å². The standard InChI is InChI=1S/C19H13ClN2O2S/c1-22-14-8-12(20)9-17(13(14)10-15(22)19(23)24)25-16-6-2-4-11-5-3-7-21-18(11)16/h2-10H,1H3,(H,23,24). The third kappa shape index (κ3) is 2.75. The number of carboxylic acid groups (broad SMARTS) is 1. The van der Waals surface area contributed by atoms with Crippen molar-refractivity contribution in [2.75, 3.05) is 0 Å². The summed E-state index contributed by atoms with van der Waals surface area (Å²) in [6.07, 6.45) is 1.77. The first kappa shape index (κ1) is 16.0. The zero-order valence-corrected chi connectivity index (χ0v) is 14.8. The van der Waals surface area contributed by atoms with E-state index in [2.05, 4.69) is 4.98 Å². The van der Waals surface area contributed by atoms with Gasteiger partial charge in [0, 0.05) is 38.8 Å². The maximum Gasteiger partial charge on any atom is 0.352 e. The number of aromatic nitrogens is 2. The van der Waals surface area contributed by atoms with Gasteiger partial charge < -0.3 is 9.67 Å². The number of nitrogens with zero attached hydrogens (tertiary/aromatic N) is 2. The molecule has 2 aromatic heterocycles. The Balaban J connectivity index is 1.92. The molecule has 0 aliphatic heterocycles. The third-order valence-corrected chi connectivity index (χ3v) is 5.45. The zero-order valence-electron chi connectivity index (χ0n) is 13.2. The highest BCUT2D eigenvalue weighted by molar-refractivity contribution is 7.99. The summed E-state index contributed by atoms with van der Waals surface area (Å²) in [5, 5.41) is 11.9. The molecular weight excluding hydrogens is 356 g/mol. The average molecular weight is 369 g/mol. The van der Waals surface area contributed by atoms with Gasteiger partial charge in [-0.15, -0.1) is 0 Å². The quantitative estimate of drug-likeness (QED) is 0.538. The lowest BCUT2D eigenvalue weighted by atomic mass is 10.2. The molecule has 2 heterocycles. The first-order valence-electron chi connectivity index (χ1n) is 7.58. The Labute approximate surface area is 153 Å². The Kier molecular flexibility index (Phi) is 3.90. The first-order chi connectivity index (χ1) is 12.0. The van der Waals surface area contributed by atoms with Crippen molar-refractivity contribution in [3.63, 3.8) is 0 Å². The van der Waals surface area contributed by atoms with Crippen LogP contribution in [0.5, 0.6) is 0 Å². The molecule has 1 N–H and O–H groups in total. The van der Waals surface area contributed by atoms with Crippen LogP contribution in [0, 0.1) is 0 Å². The van der Waals surface area contributed by atoms with Crippen LogP contribution in [0.1, 0.15) is 10.5 Å². The minimum atomic E-state index is -0.961. The number of aryl methyl sites for hydroxylation is 1. The van der Waals surface area contributed by atoms with Gasteiger partial charge in [-0.05, 0) is 30.3 Å². The van der Waals surface area contributed by atoms with Crippen molar-refractivity contribution in [2.45, 2.75) is 9.79 Å². The predicted octanol–water partition coefficient (Wildman–Crippen LogP) is 5.23. The number of rotatable bonds is 3. The Morgan fingerprint density at radius 1 is 1.16 bits per heavy atom. The molecule has 6 heteroatoms. The summed E-state index contributed by atoms with van der Waals surface area (Å²) in [7, 11) is 1.73. The summed E-state index contributed by atoms with van der Waals surface area (Å²) in [5.41, 5.74) is 1.94. The average Bonchev–Trinajstić information content (AvgIpc) is 2.93. The van der Waals surface area contributed by atoms with Gasteiger partial charge in [-0.3, -0.25) is 4.98 Å². The molecule has 0 amide bonds. The molecule has 4 rings (SSSR count). The number of para-hydroxylation sites is 1. The maximum absolute atomic E-state index is 11.5. The molecule has 2 aromatic carbocycles. The Morgan fingerprint density at radius 3 is 2.76 bits per heavy atom. The molecule has 0 aliphatic carbocycles. The van der Waals surface area contributed by atoms with Crippen LogP contribution in [0.2, 0.25) is 5.02 Å². The fraction of sp³-hybridized carbons (Fsp3) is 0.0526. The number of halogens is 1. The largest absolute Gasteiger partial charge is 0.477 e. The molecule has 0 bridgehead atoms. The number of carboxylic acids is 1. The fourth-order valence-electron chi connectivity index (χ4n) is 2.93. The van der Waals surface area contributed by atoms with Gasteiger partial charge in [-0.2, -0.15) is 0 Å². The molecule has 0 saturated heterocycles. The second-order valence-corrected chi connectivity index (χ2v) is 7.18. The number of hydrogen-bond acceptors (Lipinski definition) is 3. The van der Waals surface area contributed by atoms with Gasteiger partial charge >= 0.3 is 5.97 Å². The Bertz CT molecular complexity index is 1130. The van der Waals surface area contributed by atoms with Gasteiger partial charge in [-0.25, -0.2) is 4.79 Å². The number of hydrogen-bond donors (Lipinski definition) is 1. The van der Waals surface area contributed by atoms with Gasteiger partial charge in [0.15, 0.2) is 0 Å². The van der Waals surface area contributed by atoms with Crippen LogP contribution in [0.15, 0.2) is 64.5 Å². The van der Waals surface area contributed by atoms with E-state index in [1.54, 1.807) is 41.7 Å². The number of aromatic carboxylic acids is 1. The van der Waals surface area contributed by atoms with Crippen molar-refractivity contribution in [1.82, 2.24) is 9.55 Å². The molecule has 0 saturated carbocycles. The topological polar surface area (TPSA) is 55.1 Å². The molecule has 0 unspecified atom stereocenters. The smallest absolute Gasteiger partial charge is 0.352 e. The Morgan fingerprint density at radius 2 is 1.96 bits per heavy atom. The van der Waals surface area contributed by atoms with Crippen molar-refractivity contribution < 1.29 is 9.90 Å². The van der Waals surface area contributed by atoms with Gasteiger partial charge in [0.25, 0.3) is 0 Å². The van der Waals surface area contributed by atoms with E-state index in [0.29, 0.717) is 5.02 Å². The number of pyridine rings is 1. The molecule has 4 aromatic rings.